The molecule has 2 heteroatoms. The number of rotatable bonds is 2. The summed E-state index contributed by atoms with van der Waals surface area (Å²) in [6, 6.07) is 12.7. The van der Waals surface area contributed by atoms with Crippen LogP contribution < -0.4 is 5.73 Å². The molecule has 1 aliphatic carbocycles. The Morgan fingerprint density at radius 2 is 2.06 bits per heavy atom. The molecule has 2 aromatic rings. The van der Waals surface area contributed by atoms with E-state index < -0.39 is 0 Å². The molecule has 0 radical (unpaired) electrons. The van der Waals surface area contributed by atoms with E-state index in [0.29, 0.717) is 5.92 Å². The fraction of sp³-hybridized carbons (Fsp3) is 0.267. The Morgan fingerprint density at radius 3 is 2.76 bits per heavy atom. The normalized spacial score (nSPS) is 19.3. The number of nitrogens with two attached hydrogens (primary N) is 1. The quantitative estimate of drug-likeness (QED) is 0.851. The number of aryl methyl sites for hydroxylation is 1. The Bertz CT molecular complexity index is 531. The highest BCUT2D eigenvalue weighted by Gasteiger charge is 2.31. The Labute approximate surface area is 102 Å². The Hall–Kier alpha value is -1.67. The first-order chi connectivity index (χ1) is 8.25. The molecule has 3 rings (SSSR count). The van der Waals surface area contributed by atoms with Crippen LogP contribution >= 0.6 is 0 Å². The van der Waals surface area contributed by atoms with Crippen LogP contribution in [0.4, 0.5) is 0 Å². The molecule has 0 saturated heterocycles. The molecule has 1 aromatic heterocycles. The summed E-state index contributed by atoms with van der Waals surface area (Å²) >= 11 is 0. The summed E-state index contributed by atoms with van der Waals surface area (Å²) in [7, 11) is 0. The Kier molecular flexibility index (Phi) is 2.45. The van der Waals surface area contributed by atoms with Crippen molar-refractivity contribution in [1.29, 1.82) is 0 Å². The lowest BCUT2D eigenvalue weighted by molar-refractivity contribution is 0.499. The summed E-state index contributed by atoms with van der Waals surface area (Å²) in [5, 5.41) is 0. The minimum absolute atomic E-state index is 0.0676. The molecule has 0 saturated carbocycles. The lowest BCUT2D eigenvalue weighted by Crippen LogP contribution is -2.29. The second kappa shape index (κ2) is 3.97. The molecule has 1 heterocycles. The predicted octanol–water partition coefficient (Wildman–Crippen LogP) is 2.73. The zero-order valence-corrected chi connectivity index (χ0v) is 9.93. The van der Waals surface area contributed by atoms with Gasteiger partial charge in [-0.3, -0.25) is 4.98 Å². The maximum atomic E-state index is 6.33. The number of nitrogens with zero attached hydrogens (tertiary/aromatic N) is 1. The van der Waals surface area contributed by atoms with Crippen LogP contribution in [0.3, 0.4) is 0 Å². The van der Waals surface area contributed by atoms with E-state index in [0.717, 1.165) is 17.7 Å². The summed E-state index contributed by atoms with van der Waals surface area (Å²) in [5.74, 6) is 0.454. The fourth-order valence-electron chi connectivity index (χ4n) is 2.53. The molecule has 2 atom stereocenters. The molecule has 0 bridgehead atoms. The van der Waals surface area contributed by atoms with Gasteiger partial charge in [0, 0.05) is 23.9 Å². The highest BCUT2D eigenvalue weighted by atomic mass is 14.7. The fourth-order valence-corrected chi connectivity index (χ4v) is 2.53. The van der Waals surface area contributed by atoms with Gasteiger partial charge in [-0.15, -0.1) is 0 Å². The Morgan fingerprint density at radius 1 is 1.24 bits per heavy atom. The van der Waals surface area contributed by atoms with E-state index >= 15 is 0 Å². The van der Waals surface area contributed by atoms with Gasteiger partial charge in [-0.2, -0.15) is 0 Å². The second-order valence-electron chi connectivity index (χ2n) is 4.77. The molecule has 2 N–H and O–H groups in total. The lowest BCUT2D eigenvalue weighted by atomic mass is 9.72. The largest absolute Gasteiger partial charge is 0.323 e. The van der Waals surface area contributed by atoms with Crippen LogP contribution in [0.5, 0.6) is 0 Å². The minimum atomic E-state index is 0.0676. The molecule has 1 aromatic carbocycles. The summed E-state index contributed by atoms with van der Waals surface area (Å²) in [6.45, 7) is 1.99. The van der Waals surface area contributed by atoms with Crippen LogP contribution in [0.25, 0.3) is 0 Å². The first-order valence-corrected chi connectivity index (χ1v) is 6.01. The average molecular weight is 224 g/mol. The van der Waals surface area contributed by atoms with Gasteiger partial charge in [0.15, 0.2) is 0 Å². The van der Waals surface area contributed by atoms with Crippen LogP contribution in [0.15, 0.2) is 42.6 Å². The van der Waals surface area contributed by atoms with E-state index in [1.807, 2.05) is 19.2 Å². The van der Waals surface area contributed by atoms with Crippen molar-refractivity contribution >= 4 is 0 Å². The maximum absolute atomic E-state index is 6.33. The summed E-state index contributed by atoms with van der Waals surface area (Å²) in [6.07, 6.45) is 2.99. The number of hydrogen-bond acceptors (Lipinski definition) is 2. The standard InChI is InChI=1S/C15H16N2/c1-10-6-7-12(9-17-10)15(16)14-8-11-4-2-3-5-13(11)14/h2-7,9,14-15H,8,16H2,1H3. The van der Waals surface area contributed by atoms with Gasteiger partial charge in [-0.1, -0.05) is 30.3 Å². The second-order valence-corrected chi connectivity index (χ2v) is 4.77. The molecule has 0 fully saturated rings. The molecule has 1 aliphatic rings. The van der Waals surface area contributed by atoms with Crippen molar-refractivity contribution < 1.29 is 0 Å². The van der Waals surface area contributed by atoms with Crippen LogP contribution in [-0.4, -0.2) is 4.98 Å². The molecule has 17 heavy (non-hydrogen) atoms. The van der Waals surface area contributed by atoms with Gasteiger partial charge in [0.2, 0.25) is 0 Å². The lowest BCUT2D eigenvalue weighted by Gasteiger charge is -2.34. The minimum Gasteiger partial charge on any atom is -0.323 e. The molecular formula is C15H16N2. The van der Waals surface area contributed by atoms with Crippen LogP contribution in [0, 0.1) is 6.92 Å². The van der Waals surface area contributed by atoms with E-state index in [2.05, 4.69) is 35.3 Å². The zero-order chi connectivity index (χ0) is 11.8. The van der Waals surface area contributed by atoms with Crippen molar-refractivity contribution in [1.82, 2.24) is 4.98 Å². The molecule has 0 spiro atoms. The molecule has 2 unspecified atom stereocenters. The van der Waals surface area contributed by atoms with Gasteiger partial charge in [0.1, 0.15) is 0 Å². The van der Waals surface area contributed by atoms with Crippen molar-refractivity contribution in [2.24, 2.45) is 5.73 Å². The monoisotopic (exact) mass is 224 g/mol. The molecule has 2 nitrogen and oxygen atoms in total. The highest BCUT2D eigenvalue weighted by molar-refractivity contribution is 5.42. The van der Waals surface area contributed by atoms with E-state index in [-0.39, 0.29) is 6.04 Å². The van der Waals surface area contributed by atoms with Gasteiger partial charge in [-0.25, -0.2) is 0 Å². The van der Waals surface area contributed by atoms with Crippen LogP contribution in [-0.2, 0) is 6.42 Å². The highest BCUT2D eigenvalue weighted by Crippen LogP contribution is 2.41. The van der Waals surface area contributed by atoms with Crippen molar-refractivity contribution in [2.75, 3.05) is 0 Å². The number of aromatic nitrogens is 1. The smallest absolute Gasteiger partial charge is 0.0383 e. The summed E-state index contributed by atoms with van der Waals surface area (Å²) in [5.41, 5.74) is 11.3. The molecule has 86 valence electrons. The van der Waals surface area contributed by atoms with Crippen molar-refractivity contribution in [3.05, 3.63) is 65.0 Å². The summed E-state index contributed by atoms with van der Waals surface area (Å²) in [4.78, 5) is 4.32. The van der Waals surface area contributed by atoms with Crippen LogP contribution in [0.1, 0.15) is 34.3 Å². The number of pyridine rings is 1. The van der Waals surface area contributed by atoms with Crippen LogP contribution in [0.2, 0.25) is 0 Å². The van der Waals surface area contributed by atoms with Crippen molar-refractivity contribution in [3.8, 4) is 0 Å². The van der Waals surface area contributed by atoms with E-state index in [9.17, 15) is 0 Å². The third kappa shape index (κ3) is 1.75. The summed E-state index contributed by atoms with van der Waals surface area (Å²) < 4.78 is 0. The molecular weight excluding hydrogens is 208 g/mol. The van der Waals surface area contributed by atoms with E-state index in [1.165, 1.54) is 11.1 Å². The number of fused-ring (bicyclic) bond motifs is 1. The first kappa shape index (κ1) is 10.5. The van der Waals surface area contributed by atoms with Crippen molar-refractivity contribution in [3.63, 3.8) is 0 Å². The predicted molar refractivity (Wildman–Crippen MR) is 68.8 cm³/mol. The van der Waals surface area contributed by atoms with Gasteiger partial charge < -0.3 is 5.73 Å². The number of hydrogen-bond donors (Lipinski definition) is 1. The SMILES string of the molecule is Cc1ccc(C(N)C2Cc3ccccc32)cn1. The van der Waals surface area contributed by atoms with E-state index in [4.69, 9.17) is 5.73 Å². The van der Waals surface area contributed by atoms with Gasteiger partial charge in [0.05, 0.1) is 0 Å². The van der Waals surface area contributed by atoms with Gasteiger partial charge >= 0.3 is 0 Å². The van der Waals surface area contributed by atoms with Crippen molar-refractivity contribution in [2.45, 2.75) is 25.3 Å². The zero-order valence-electron chi connectivity index (χ0n) is 9.93. The Balaban J connectivity index is 1.86. The van der Waals surface area contributed by atoms with E-state index in [1.54, 1.807) is 0 Å². The number of benzene rings is 1. The van der Waals surface area contributed by atoms with Gasteiger partial charge in [0.25, 0.3) is 0 Å². The maximum Gasteiger partial charge on any atom is 0.0383 e. The third-order valence-electron chi connectivity index (χ3n) is 3.65. The molecule has 0 amide bonds. The molecule has 0 aliphatic heterocycles. The topological polar surface area (TPSA) is 38.9 Å². The third-order valence-corrected chi connectivity index (χ3v) is 3.65. The average Bonchev–Trinajstić information content (AvgIpc) is 2.31. The van der Waals surface area contributed by atoms with Gasteiger partial charge in [-0.05, 0) is 36.1 Å². The first-order valence-electron chi connectivity index (χ1n) is 6.01.